The molecule has 1 atom stereocenters. The number of aliphatic carboxylic acids is 1. The van der Waals surface area contributed by atoms with Crippen molar-refractivity contribution in [1.82, 2.24) is 0 Å². The Hall–Kier alpha value is -1.22. The molecule has 0 fully saturated rings. The Kier molecular flexibility index (Phi) is 5.12. The minimum Gasteiger partial charge on any atom is -0.481 e. The van der Waals surface area contributed by atoms with Crippen molar-refractivity contribution in [3.8, 4) is 0 Å². The van der Waals surface area contributed by atoms with Crippen LogP contribution in [0.5, 0.6) is 0 Å². The highest BCUT2D eigenvalue weighted by Crippen LogP contribution is 2.35. The van der Waals surface area contributed by atoms with Crippen molar-refractivity contribution in [1.29, 1.82) is 0 Å². The fourth-order valence-corrected chi connectivity index (χ4v) is 2.47. The molecule has 0 heterocycles. The number of carboxylic acid groups (broad SMARTS) is 1. The third-order valence-electron chi connectivity index (χ3n) is 2.24. The van der Waals surface area contributed by atoms with Crippen LogP contribution in [0.2, 0.25) is 0 Å². The van der Waals surface area contributed by atoms with Crippen LogP contribution in [-0.2, 0) is 4.79 Å². The molecule has 16 heavy (non-hydrogen) atoms. The Morgan fingerprint density at radius 2 is 2.06 bits per heavy atom. The maximum Gasteiger partial charge on any atom is 0.308 e. The zero-order valence-corrected chi connectivity index (χ0v) is 10.3. The van der Waals surface area contributed by atoms with Gasteiger partial charge in [0, 0.05) is 5.25 Å². The molecule has 0 bridgehead atoms. The van der Waals surface area contributed by atoms with Crippen LogP contribution in [0, 0.1) is 0 Å². The van der Waals surface area contributed by atoms with Crippen molar-refractivity contribution < 1.29 is 9.90 Å². The second-order valence-corrected chi connectivity index (χ2v) is 4.96. The SMILES string of the molecule is C/C=C(/CC(=O)O)SC(C)c1ccccc1. The van der Waals surface area contributed by atoms with Crippen molar-refractivity contribution in [3.05, 3.63) is 46.9 Å². The molecule has 2 nitrogen and oxygen atoms in total. The minimum absolute atomic E-state index is 0.109. The largest absolute Gasteiger partial charge is 0.481 e. The molecule has 0 radical (unpaired) electrons. The van der Waals surface area contributed by atoms with E-state index in [1.165, 1.54) is 5.56 Å². The van der Waals surface area contributed by atoms with Gasteiger partial charge in [-0.2, -0.15) is 0 Å². The number of hydrogen-bond acceptors (Lipinski definition) is 2. The fourth-order valence-electron chi connectivity index (χ4n) is 1.38. The molecule has 0 saturated heterocycles. The molecule has 0 aliphatic rings. The summed E-state index contributed by atoms with van der Waals surface area (Å²) in [4.78, 5) is 11.5. The summed E-state index contributed by atoms with van der Waals surface area (Å²) in [6, 6.07) is 10.1. The van der Waals surface area contributed by atoms with Gasteiger partial charge in [-0.15, -0.1) is 11.8 Å². The summed E-state index contributed by atoms with van der Waals surface area (Å²) < 4.78 is 0. The number of carboxylic acids is 1. The maximum absolute atomic E-state index is 10.6. The van der Waals surface area contributed by atoms with E-state index in [0.717, 1.165) is 4.91 Å². The Morgan fingerprint density at radius 1 is 1.44 bits per heavy atom. The van der Waals surface area contributed by atoms with E-state index in [0.29, 0.717) is 0 Å². The summed E-state index contributed by atoms with van der Waals surface area (Å²) in [5.41, 5.74) is 1.22. The van der Waals surface area contributed by atoms with Gasteiger partial charge in [-0.05, 0) is 24.3 Å². The van der Waals surface area contributed by atoms with E-state index >= 15 is 0 Å². The summed E-state index contributed by atoms with van der Waals surface area (Å²) in [7, 11) is 0. The molecule has 86 valence electrons. The van der Waals surface area contributed by atoms with Gasteiger partial charge in [0.1, 0.15) is 0 Å². The molecule has 0 aromatic heterocycles. The van der Waals surface area contributed by atoms with Crippen LogP contribution >= 0.6 is 11.8 Å². The molecule has 1 aromatic rings. The lowest BCUT2D eigenvalue weighted by atomic mass is 10.2. The minimum atomic E-state index is -0.777. The predicted octanol–water partition coefficient (Wildman–Crippen LogP) is 3.86. The Labute approximate surface area is 100 Å². The lowest BCUT2D eigenvalue weighted by molar-refractivity contribution is -0.136. The van der Waals surface area contributed by atoms with Crippen molar-refractivity contribution in [2.75, 3.05) is 0 Å². The summed E-state index contributed by atoms with van der Waals surface area (Å²) in [5.74, 6) is -0.777. The highest BCUT2D eigenvalue weighted by atomic mass is 32.2. The average molecular weight is 236 g/mol. The monoisotopic (exact) mass is 236 g/mol. The van der Waals surface area contributed by atoms with Gasteiger partial charge in [0.15, 0.2) is 0 Å². The van der Waals surface area contributed by atoms with Gasteiger partial charge >= 0.3 is 5.97 Å². The zero-order valence-electron chi connectivity index (χ0n) is 9.51. The quantitative estimate of drug-likeness (QED) is 0.843. The van der Waals surface area contributed by atoms with Gasteiger partial charge in [0.2, 0.25) is 0 Å². The molecule has 0 spiro atoms. The topological polar surface area (TPSA) is 37.3 Å². The lowest BCUT2D eigenvalue weighted by Crippen LogP contribution is -1.97. The molecule has 0 amide bonds. The second kappa shape index (κ2) is 6.38. The van der Waals surface area contributed by atoms with Crippen LogP contribution < -0.4 is 0 Å². The molecule has 0 aliphatic carbocycles. The van der Waals surface area contributed by atoms with Gasteiger partial charge < -0.3 is 5.11 Å². The van der Waals surface area contributed by atoms with Crippen molar-refractivity contribution in [2.45, 2.75) is 25.5 Å². The third-order valence-corrected chi connectivity index (χ3v) is 3.55. The van der Waals surface area contributed by atoms with Crippen LogP contribution in [0.1, 0.15) is 31.1 Å². The van der Waals surface area contributed by atoms with Gasteiger partial charge in [-0.25, -0.2) is 0 Å². The van der Waals surface area contributed by atoms with E-state index in [2.05, 4.69) is 19.1 Å². The average Bonchev–Trinajstić information content (AvgIpc) is 2.28. The number of hydrogen-bond donors (Lipinski definition) is 1. The van der Waals surface area contributed by atoms with Crippen molar-refractivity contribution >= 4 is 17.7 Å². The van der Waals surface area contributed by atoms with E-state index in [9.17, 15) is 4.79 Å². The number of thioether (sulfide) groups is 1. The molecule has 0 saturated carbocycles. The van der Waals surface area contributed by atoms with Crippen LogP contribution in [0.25, 0.3) is 0 Å². The summed E-state index contributed by atoms with van der Waals surface area (Å²) in [5, 5.41) is 9.03. The van der Waals surface area contributed by atoms with Gasteiger partial charge in [-0.1, -0.05) is 36.4 Å². The highest BCUT2D eigenvalue weighted by molar-refractivity contribution is 8.03. The summed E-state index contributed by atoms with van der Waals surface area (Å²) in [6.45, 7) is 3.97. The third kappa shape index (κ3) is 4.11. The van der Waals surface area contributed by atoms with Crippen LogP contribution in [-0.4, -0.2) is 11.1 Å². The molecular weight excluding hydrogens is 220 g/mol. The summed E-state index contributed by atoms with van der Waals surface area (Å²) in [6.07, 6.45) is 1.98. The van der Waals surface area contributed by atoms with Crippen molar-refractivity contribution in [2.24, 2.45) is 0 Å². The molecule has 0 aliphatic heterocycles. The zero-order chi connectivity index (χ0) is 12.0. The maximum atomic E-state index is 10.6. The van der Waals surface area contributed by atoms with Crippen molar-refractivity contribution in [3.63, 3.8) is 0 Å². The van der Waals surface area contributed by atoms with Crippen LogP contribution in [0.4, 0.5) is 0 Å². The molecule has 1 rings (SSSR count). The standard InChI is InChI=1S/C13H16O2S/c1-3-12(9-13(14)15)16-10(2)11-7-5-4-6-8-11/h3-8,10H,9H2,1-2H3,(H,14,15)/b12-3-. The number of carbonyl (C=O) groups is 1. The smallest absolute Gasteiger partial charge is 0.308 e. The predicted molar refractivity (Wildman–Crippen MR) is 68.5 cm³/mol. The lowest BCUT2D eigenvalue weighted by Gasteiger charge is -2.12. The number of allylic oxidation sites excluding steroid dienone is 1. The van der Waals surface area contributed by atoms with Crippen LogP contribution in [0.15, 0.2) is 41.3 Å². The first-order valence-electron chi connectivity index (χ1n) is 5.22. The first-order chi connectivity index (χ1) is 7.63. The van der Waals surface area contributed by atoms with E-state index < -0.39 is 5.97 Å². The van der Waals surface area contributed by atoms with E-state index in [-0.39, 0.29) is 11.7 Å². The first-order valence-corrected chi connectivity index (χ1v) is 6.10. The fraction of sp³-hybridized carbons (Fsp3) is 0.308. The van der Waals surface area contributed by atoms with E-state index in [1.54, 1.807) is 11.8 Å². The molecular formula is C13H16O2S. The Bertz CT molecular complexity index is 371. The molecule has 3 heteroatoms. The number of rotatable bonds is 5. The molecule has 1 N–H and O–H groups in total. The first kappa shape index (κ1) is 12.8. The van der Waals surface area contributed by atoms with Gasteiger partial charge in [0.05, 0.1) is 6.42 Å². The highest BCUT2D eigenvalue weighted by Gasteiger charge is 2.10. The molecule has 1 aromatic carbocycles. The molecule has 1 unspecified atom stereocenters. The van der Waals surface area contributed by atoms with Crippen LogP contribution in [0.3, 0.4) is 0 Å². The van der Waals surface area contributed by atoms with E-state index in [1.807, 2.05) is 31.2 Å². The second-order valence-electron chi connectivity index (χ2n) is 3.50. The number of benzene rings is 1. The normalized spacial score (nSPS) is 13.5. The Balaban J connectivity index is 2.63. The Morgan fingerprint density at radius 3 is 2.56 bits per heavy atom. The van der Waals surface area contributed by atoms with Gasteiger partial charge in [-0.3, -0.25) is 4.79 Å². The summed E-state index contributed by atoms with van der Waals surface area (Å²) >= 11 is 1.61. The van der Waals surface area contributed by atoms with E-state index in [4.69, 9.17) is 5.11 Å². The van der Waals surface area contributed by atoms with Gasteiger partial charge in [0.25, 0.3) is 0 Å².